The van der Waals surface area contributed by atoms with Crippen molar-refractivity contribution < 1.29 is 4.79 Å². The van der Waals surface area contributed by atoms with Gasteiger partial charge < -0.3 is 11.1 Å². The lowest BCUT2D eigenvalue weighted by atomic mass is 9.77. The van der Waals surface area contributed by atoms with Gasteiger partial charge in [-0.3, -0.25) is 4.79 Å². The van der Waals surface area contributed by atoms with E-state index in [1.54, 1.807) is 0 Å². The van der Waals surface area contributed by atoms with Crippen LogP contribution in [0.1, 0.15) is 32.1 Å². The Labute approximate surface area is 72.7 Å². The Balaban J connectivity index is 1.86. The lowest BCUT2D eigenvalue weighted by molar-refractivity contribution is -0.119. The fraction of sp³-hybridized carbons (Fsp3) is 0.889. The number of hydrogen-bond donors (Lipinski definition) is 2. The molecule has 1 aliphatic carbocycles. The Morgan fingerprint density at radius 2 is 2.17 bits per heavy atom. The van der Waals surface area contributed by atoms with E-state index < -0.39 is 0 Å². The van der Waals surface area contributed by atoms with E-state index in [1.165, 1.54) is 19.3 Å². The smallest absolute Gasteiger partial charge is 0.220 e. The van der Waals surface area contributed by atoms with E-state index >= 15 is 0 Å². The van der Waals surface area contributed by atoms with Crippen LogP contribution in [0.25, 0.3) is 0 Å². The van der Waals surface area contributed by atoms with Gasteiger partial charge in [0.25, 0.3) is 0 Å². The molecule has 1 heterocycles. The molecule has 0 aromatic carbocycles. The van der Waals surface area contributed by atoms with Crippen molar-refractivity contribution in [3.63, 3.8) is 0 Å². The van der Waals surface area contributed by atoms with Crippen LogP contribution in [-0.4, -0.2) is 18.0 Å². The van der Waals surface area contributed by atoms with Crippen molar-refractivity contribution in [1.29, 1.82) is 0 Å². The Kier molecular flexibility index (Phi) is 2.05. The van der Waals surface area contributed by atoms with E-state index in [-0.39, 0.29) is 18.0 Å². The Morgan fingerprint density at radius 3 is 2.58 bits per heavy atom. The number of hydrogen-bond acceptors (Lipinski definition) is 2. The molecule has 0 aromatic rings. The van der Waals surface area contributed by atoms with E-state index in [0.717, 1.165) is 6.42 Å². The highest BCUT2D eigenvalue weighted by molar-refractivity contribution is 5.78. The average Bonchev–Trinajstić information content (AvgIpc) is 2.31. The number of nitrogens with two attached hydrogens (primary N) is 1. The SMILES string of the molecule is NC(C1CCC1)C1CCC(=O)N1. The molecule has 1 saturated heterocycles. The lowest BCUT2D eigenvalue weighted by Gasteiger charge is -2.34. The molecular weight excluding hydrogens is 152 g/mol. The maximum absolute atomic E-state index is 10.9. The summed E-state index contributed by atoms with van der Waals surface area (Å²) in [5, 5.41) is 2.94. The van der Waals surface area contributed by atoms with E-state index in [9.17, 15) is 4.79 Å². The Bertz CT molecular complexity index is 189. The maximum Gasteiger partial charge on any atom is 0.220 e. The Morgan fingerprint density at radius 1 is 1.42 bits per heavy atom. The van der Waals surface area contributed by atoms with Gasteiger partial charge >= 0.3 is 0 Å². The van der Waals surface area contributed by atoms with Crippen molar-refractivity contribution in [2.24, 2.45) is 11.7 Å². The van der Waals surface area contributed by atoms with Gasteiger partial charge in [0.2, 0.25) is 5.91 Å². The van der Waals surface area contributed by atoms with Crippen molar-refractivity contribution in [3.05, 3.63) is 0 Å². The first-order valence-electron chi connectivity index (χ1n) is 4.82. The summed E-state index contributed by atoms with van der Waals surface area (Å²) < 4.78 is 0. The molecule has 1 aliphatic heterocycles. The van der Waals surface area contributed by atoms with Crippen molar-refractivity contribution in [3.8, 4) is 0 Å². The number of nitrogens with one attached hydrogen (secondary N) is 1. The molecule has 0 spiro atoms. The monoisotopic (exact) mass is 168 g/mol. The van der Waals surface area contributed by atoms with Crippen molar-refractivity contribution >= 4 is 5.91 Å². The molecule has 0 bridgehead atoms. The lowest BCUT2D eigenvalue weighted by Crippen LogP contribution is -2.49. The van der Waals surface area contributed by atoms with Crippen LogP contribution in [0.4, 0.5) is 0 Å². The summed E-state index contributed by atoms with van der Waals surface area (Å²) in [4.78, 5) is 10.9. The van der Waals surface area contributed by atoms with Crippen molar-refractivity contribution in [1.82, 2.24) is 5.32 Å². The molecule has 3 nitrogen and oxygen atoms in total. The summed E-state index contributed by atoms with van der Waals surface area (Å²) in [6.45, 7) is 0. The van der Waals surface area contributed by atoms with E-state index in [4.69, 9.17) is 5.73 Å². The van der Waals surface area contributed by atoms with Gasteiger partial charge in [0, 0.05) is 18.5 Å². The largest absolute Gasteiger partial charge is 0.352 e. The topological polar surface area (TPSA) is 55.1 Å². The van der Waals surface area contributed by atoms with E-state index in [1.807, 2.05) is 0 Å². The molecule has 2 aliphatic rings. The second-order valence-corrected chi connectivity index (χ2v) is 3.98. The van der Waals surface area contributed by atoms with Gasteiger partial charge in [-0.05, 0) is 25.2 Å². The van der Waals surface area contributed by atoms with Gasteiger partial charge in [-0.25, -0.2) is 0 Å². The Hall–Kier alpha value is -0.570. The van der Waals surface area contributed by atoms with Gasteiger partial charge in [-0.15, -0.1) is 0 Å². The third kappa shape index (κ3) is 1.33. The van der Waals surface area contributed by atoms with Crippen LogP contribution in [0.3, 0.4) is 0 Å². The summed E-state index contributed by atoms with van der Waals surface area (Å²) in [6, 6.07) is 0.480. The van der Waals surface area contributed by atoms with E-state index in [2.05, 4.69) is 5.32 Å². The highest BCUT2D eigenvalue weighted by atomic mass is 16.1. The minimum Gasteiger partial charge on any atom is -0.352 e. The fourth-order valence-corrected chi connectivity index (χ4v) is 2.08. The van der Waals surface area contributed by atoms with Crippen molar-refractivity contribution in [2.75, 3.05) is 0 Å². The quantitative estimate of drug-likeness (QED) is 0.626. The van der Waals surface area contributed by atoms with Crippen LogP contribution >= 0.6 is 0 Å². The third-order valence-corrected chi connectivity index (χ3v) is 3.19. The third-order valence-electron chi connectivity index (χ3n) is 3.19. The van der Waals surface area contributed by atoms with Crippen LogP contribution in [-0.2, 0) is 4.79 Å². The highest BCUT2D eigenvalue weighted by Crippen LogP contribution is 2.31. The average molecular weight is 168 g/mol. The molecule has 12 heavy (non-hydrogen) atoms. The van der Waals surface area contributed by atoms with Crippen LogP contribution in [0, 0.1) is 5.92 Å². The van der Waals surface area contributed by atoms with Crippen LogP contribution in [0.15, 0.2) is 0 Å². The number of carbonyl (C=O) groups is 1. The summed E-state index contributed by atoms with van der Waals surface area (Å²) in [5.74, 6) is 0.850. The number of amides is 1. The van der Waals surface area contributed by atoms with Gasteiger partial charge in [-0.1, -0.05) is 6.42 Å². The van der Waals surface area contributed by atoms with Gasteiger partial charge in [0.1, 0.15) is 0 Å². The predicted molar refractivity (Wildman–Crippen MR) is 46.5 cm³/mol. The summed E-state index contributed by atoms with van der Waals surface area (Å²) in [7, 11) is 0. The fourth-order valence-electron chi connectivity index (χ4n) is 2.08. The van der Waals surface area contributed by atoms with Gasteiger partial charge in [0.15, 0.2) is 0 Å². The normalized spacial score (nSPS) is 32.8. The molecule has 2 unspecified atom stereocenters. The molecule has 1 saturated carbocycles. The molecule has 2 rings (SSSR count). The maximum atomic E-state index is 10.9. The van der Waals surface area contributed by atoms with Crippen molar-refractivity contribution in [2.45, 2.75) is 44.2 Å². The molecule has 1 amide bonds. The highest BCUT2D eigenvalue weighted by Gasteiger charge is 2.33. The molecule has 0 aromatic heterocycles. The minimum atomic E-state index is 0.176. The zero-order chi connectivity index (χ0) is 8.55. The molecule has 2 atom stereocenters. The molecule has 0 radical (unpaired) electrons. The van der Waals surface area contributed by atoms with Crippen LogP contribution in [0.5, 0.6) is 0 Å². The second kappa shape index (κ2) is 3.05. The van der Waals surface area contributed by atoms with E-state index in [0.29, 0.717) is 12.3 Å². The number of rotatable bonds is 2. The summed E-state index contributed by atoms with van der Waals surface area (Å²) >= 11 is 0. The zero-order valence-corrected chi connectivity index (χ0v) is 7.25. The molecule has 3 N–H and O–H groups in total. The first kappa shape index (κ1) is 8.05. The van der Waals surface area contributed by atoms with Crippen LogP contribution < -0.4 is 11.1 Å². The molecule has 68 valence electrons. The number of carbonyl (C=O) groups excluding carboxylic acids is 1. The zero-order valence-electron chi connectivity index (χ0n) is 7.25. The second-order valence-electron chi connectivity index (χ2n) is 3.98. The minimum absolute atomic E-state index is 0.176. The standard InChI is InChI=1S/C9H16N2O/c10-9(6-2-1-3-6)7-4-5-8(12)11-7/h6-7,9H,1-5,10H2,(H,11,12). The first-order valence-corrected chi connectivity index (χ1v) is 4.82. The van der Waals surface area contributed by atoms with Gasteiger partial charge in [-0.2, -0.15) is 0 Å². The summed E-state index contributed by atoms with van der Waals surface area (Å²) in [6.07, 6.45) is 5.45. The molecule has 2 fully saturated rings. The molecular formula is C9H16N2O. The molecule has 3 heteroatoms. The first-order chi connectivity index (χ1) is 5.77. The van der Waals surface area contributed by atoms with Crippen LogP contribution in [0.2, 0.25) is 0 Å². The summed E-state index contributed by atoms with van der Waals surface area (Å²) in [5.41, 5.74) is 6.03. The predicted octanol–water partition coefficient (Wildman–Crippen LogP) is 0.392. The van der Waals surface area contributed by atoms with Gasteiger partial charge in [0.05, 0.1) is 0 Å².